The predicted octanol–water partition coefficient (Wildman–Crippen LogP) is 6.19. The molecule has 0 unspecified atom stereocenters. The van der Waals surface area contributed by atoms with Crippen LogP contribution in [-0.4, -0.2) is 86.8 Å². The van der Waals surface area contributed by atoms with Gasteiger partial charge < -0.3 is 67.8 Å². The van der Waals surface area contributed by atoms with E-state index in [0.717, 1.165) is 0 Å². The SMILES string of the molecule is COc1cc2c(cc1OC)-c1nc-2nc2[n-]c(nc3nc(nc4[n-]c(n1)c1cc(OC)c(OC)cc41)-c1cc(OC)c(OC)cc1-3)c1cc(OC)c(OC)cc21.[Ni+2]. The summed E-state index contributed by atoms with van der Waals surface area (Å²) in [7, 11) is 12.5. The molecule has 0 radical (unpaired) electrons. The number of aromatic nitrogens is 8. The summed E-state index contributed by atoms with van der Waals surface area (Å²) in [5.74, 6) is 5.15. The molecular weight excluding hydrogens is 779 g/mol. The van der Waals surface area contributed by atoms with Gasteiger partial charge in [-0.2, -0.15) is 0 Å². The molecule has 0 amide bonds. The molecule has 0 saturated heterocycles. The molecule has 0 atom stereocenters. The number of benzene rings is 4. The van der Waals surface area contributed by atoms with E-state index in [0.29, 0.717) is 136 Å². The van der Waals surface area contributed by atoms with Crippen LogP contribution in [0.2, 0.25) is 0 Å². The van der Waals surface area contributed by atoms with E-state index in [-0.39, 0.29) is 16.5 Å². The fourth-order valence-corrected chi connectivity index (χ4v) is 6.96. The topological polar surface area (TPSA) is 179 Å². The number of hydrogen-bond acceptors (Lipinski definition) is 14. The Morgan fingerprint density at radius 3 is 0.684 bits per heavy atom. The summed E-state index contributed by atoms with van der Waals surface area (Å²) in [5, 5.41) is 2.54. The number of nitrogens with zero attached hydrogens (tertiary/aromatic N) is 8. The van der Waals surface area contributed by atoms with E-state index < -0.39 is 0 Å². The molecule has 17 heteroatoms. The smallest absolute Gasteiger partial charge is 0.493 e. The summed E-state index contributed by atoms with van der Waals surface area (Å²) in [6.45, 7) is 0. The van der Waals surface area contributed by atoms with Gasteiger partial charge in [-0.1, -0.05) is 0 Å². The van der Waals surface area contributed by atoms with Crippen LogP contribution < -0.4 is 47.9 Å². The van der Waals surface area contributed by atoms with Gasteiger partial charge in [-0.15, -0.1) is 0 Å². The Hall–Kier alpha value is -6.87. The van der Waals surface area contributed by atoms with Gasteiger partial charge in [0.15, 0.2) is 46.0 Å². The molecule has 0 N–H and O–H groups in total. The molecule has 9 rings (SSSR count). The fourth-order valence-electron chi connectivity index (χ4n) is 6.96. The molecule has 7 aromatic rings. The normalized spacial score (nSPS) is 11.4. The van der Waals surface area contributed by atoms with E-state index in [9.17, 15) is 0 Å². The van der Waals surface area contributed by atoms with Crippen molar-refractivity contribution in [2.24, 2.45) is 0 Å². The second-order valence-electron chi connectivity index (χ2n) is 12.5. The number of ether oxygens (including phenoxy) is 8. The van der Waals surface area contributed by atoms with Gasteiger partial charge in [-0.25, -0.2) is 9.97 Å². The number of methoxy groups -OCH3 is 8. The van der Waals surface area contributed by atoms with Crippen molar-refractivity contribution >= 4 is 44.1 Å². The first-order valence-electron chi connectivity index (χ1n) is 17.1. The standard InChI is InChI=1S/C40H32N8O8.Ni/c1-49-25-9-17-18(10-26(25)50-2)34-41-33(17)45-35-19-11-27(51-3)28(52-4)12-20(19)37(42-35)47-39-23-15-31(55-7)32(56-8)16-24(23)40(44-39)48-38-22-14-30(54-6)29(53-5)13-21(22)36(43-38)46-34;/h9-16H,1-8H3;/q-2;+2. The fraction of sp³-hybridized carbons (Fsp3) is 0.200. The maximum atomic E-state index is 5.69. The van der Waals surface area contributed by atoms with Crippen molar-refractivity contribution in [1.29, 1.82) is 0 Å². The Kier molecular flexibility index (Phi) is 9.32. The third kappa shape index (κ3) is 5.80. The predicted molar refractivity (Wildman–Crippen MR) is 206 cm³/mol. The maximum absolute atomic E-state index is 5.69. The molecular formula is C40H32N8NiO8. The molecule has 16 nitrogen and oxygen atoms in total. The second-order valence-corrected chi connectivity index (χ2v) is 12.5. The third-order valence-corrected chi connectivity index (χ3v) is 9.72. The molecule has 8 bridgehead atoms. The minimum atomic E-state index is 0. The summed E-state index contributed by atoms with van der Waals surface area (Å²) in [6.07, 6.45) is 0. The van der Waals surface area contributed by atoms with Gasteiger partial charge in [0, 0.05) is 44.8 Å². The van der Waals surface area contributed by atoms with Gasteiger partial charge in [0.25, 0.3) is 0 Å². The summed E-state index contributed by atoms with van der Waals surface area (Å²) in [5.41, 5.74) is 3.83. The number of rotatable bonds is 8. The molecule has 2 aliphatic rings. The Bertz CT molecular complexity index is 2560. The van der Waals surface area contributed by atoms with Crippen molar-refractivity contribution in [1.82, 2.24) is 39.9 Å². The van der Waals surface area contributed by atoms with E-state index >= 15 is 0 Å². The molecule has 0 spiro atoms. The van der Waals surface area contributed by atoms with Crippen LogP contribution >= 0.6 is 0 Å². The zero-order chi connectivity index (χ0) is 38.8. The largest absolute Gasteiger partial charge is 2.00 e. The average Bonchev–Trinajstić information content (AvgIpc) is 3.95. The molecule has 57 heavy (non-hydrogen) atoms. The van der Waals surface area contributed by atoms with Crippen LogP contribution in [0.5, 0.6) is 46.0 Å². The van der Waals surface area contributed by atoms with Crippen LogP contribution in [0, 0.1) is 0 Å². The Morgan fingerprint density at radius 1 is 0.298 bits per heavy atom. The summed E-state index contributed by atoms with van der Waals surface area (Å²) >= 11 is 0. The molecule has 5 heterocycles. The maximum Gasteiger partial charge on any atom is 2.00 e. The van der Waals surface area contributed by atoms with Crippen LogP contribution in [0.15, 0.2) is 48.5 Å². The third-order valence-electron chi connectivity index (χ3n) is 9.72. The number of fused-ring (bicyclic) bond motifs is 20. The first kappa shape index (κ1) is 37.1. The van der Waals surface area contributed by atoms with Gasteiger partial charge in [0.05, 0.1) is 80.2 Å². The zero-order valence-electron chi connectivity index (χ0n) is 31.8. The minimum Gasteiger partial charge on any atom is -0.493 e. The summed E-state index contributed by atoms with van der Waals surface area (Å²) in [6, 6.07) is 14.5. The second kappa shape index (κ2) is 14.3. The van der Waals surface area contributed by atoms with Crippen LogP contribution in [0.3, 0.4) is 0 Å². The average molecular weight is 811 g/mol. The van der Waals surface area contributed by atoms with Crippen molar-refractivity contribution in [3.8, 4) is 91.5 Å². The quantitative estimate of drug-likeness (QED) is 0.158. The van der Waals surface area contributed by atoms with E-state index in [1.807, 2.05) is 0 Å². The van der Waals surface area contributed by atoms with Crippen LogP contribution in [0.25, 0.3) is 89.7 Å². The van der Waals surface area contributed by atoms with Crippen molar-refractivity contribution in [2.75, 3.05) is 56.9 Å². The molecule has 3 aromatic heterocycles. The van der Waals surface area contributed by atoms with E-state index in [1.165, 1.54) is 0 Å². The van der Waals surface area contributed by atoms with Gasteiger partial charge in [0.2, 0.25) is 0 Å². The first-order valence-corrected chi connectivity index (χ1v) is 17.1. The van der Waals surface area contributed by atoms with Gasteiger partial charge in [-0.05, 0) is 70.1 Å². The molecule has 4 aromatic carbocycles. The van der Waals surface area contributed by atoms with Gasteiger partial charge >= 0.3 is 16.5 Å². The van der Waals surface area contributed by atoms with Crippen LogP contribution in [-0.2, 0) is 16.5 Å². The van der Waals surface area contributed by atoms with E-state index in [4.69, 9.17) is 77.8 Å². The van der Waals surface area contributed by atoms with Crippen molar-refractivity contribution in [2.45, 2.75) is 0 Å². The van der Waals surface area contributed by atoms with E-state index in [1.54, 1.807) is 105 Å². The van der Waals surface area contributed by atoms with Crippen LogP contribution in [0.4, 0.5) is 0 Å². The zero-order valence-corrected chi connectivity index (χ0v) is 32.8. The summed E-state index contributed by atoms with van der Waals surface area (Å²) < 4.78 is 45.5. The van der Waals surface area contributed by atoms with Crippen molar-refractivity contribution < 1.29 is 54.4 Å². The Labute approximate surface area is 334 Å². The van der Waals surface area contributed by atoms with Crippen molar-refractivity contribution in [3.63, 3.8) is 0 Å². The minimum absolute atomic E-state index is 0. The molecule has 290 valence electrons. The van der Waals surface area contributed by atoms with Crippen molar-refractivity contribution in [3.05, 3.63) is 48.5 Å². The van der Waals surface area contributed by atoms with Crippen LogP contribution in [0.1, 0.15) is 0 Å². The molecule has 2 aliphatic heterocycles. The molecule has 0 saturated carbocycles. The molecule has 0 fully saturated rings. The molecule has 0 aliphatic carbocycles. The van der Waals surface area contributed by atoms with E-state index in [2.05, 4.69) is 0 Å². The Balaban J connectivity index is 0.00000455. The van der Waals surface area contributed by atoms with Gasteiger partial charge in [0.1, 0.15) is 0 Å². The van der Waals surface area contributed by atoms with Gasteiger partial charge in [-0.3, -0.25) is 0 Å². The monoisotopic (exact) mass is 810 g/mol. The summed E-state index contributed by atoms with van der Waals surface area (Å²) in [4.78, 5) is 40.0. The first-order chi connectivity index (χ1) is 27.3. The number of hydrogen-bond donors (Lipinski definition) is 0. The Morgan fingerprint density at radius 2 is 0.491 bits per heavy atom.